The van der Waals surface area contributed by atoms with E-state index in [1.807, 2.05) is 13.8 Å². The molecule has 0 bridgehead atoms. The Bertz CT molecular complexity index is 1450. The minimum atomic E-state index is -1.63. The second-order valence-corrected chi connectivity index (χ2v) is 14.9. The molecule has 2 aliphatic rings. The van der Waals surface area contributed by atoms with E-state index >= 15 is 0 Å². The Hall–Kier alpha value is -1.94. The molecule has 0 spiro atoms. The van der Waals surface area contributed by atoms with Gasteiger partial charge in [0, 0.05) is 10.8 Å². The van der Waals surface area contributed by atoms with E-state index in [-0.39, 0.29) is 54.2 Å². The average Bonchev–Trinajstić information content (AvgIpc) is 3.08. The molecule has 48 heavy (non-hydrogen) atoms. The van der Waals surface area contributed by atoms with E-state index in [1.165, 1.54) is 0 Å². The molecule has 14 heteroatoms. The molecule has 2 aromatic rings. The highest BCUT2D eigenvalue weighted by Crippen LogP contribution is 2.44. The molecular weight excluding hydrogens is 749 g/mol. The first-order valence-electron chi connectivity index (χ1n) is 15.9. The van der Waals surface area contributed by atoms with Crippen molar-refractivity contribution in [3.63, 3.8) is 0 Å². The largest absolute Gasteiger partial charge is 0.461 e. The van der Waals surface area contributed by atoms with Crippen molar-refractivity contribution < 1.29 is 38.1 Å². The van der Waals surface area contributed by atoms with Gasteiger partial charge in [0.1, 0.15) is 11.1 Å². The molecule has 0 aromatic heterocycles. The van der Waals surface area contributed by atoms with Gasteiger partial charge in [-0.15, -0.1) is 0 Å². The molecule has 2 fully saturated rings. The summed E-state index contributed by atoms with van der Waals surface area (Å²) in [7, 11) is 0. The lowest BCUT2D eigenvalue weighted by Gasteiger charge is -2.35. The fourth-order valence-electron chi connectivity index (χ4n) is 6.38. The van der Waals surface area contributed by atoms with Gasteiger partial charge >= 0.3 is 23.9 Å². The van der Waals surface area contributed by atoms with E-state index in [1.54, 1.807) is 0 Å². The van der Waals surface area contributed by atoms with Gasteiger partial charge in [-0.05, 0) is 50.7 Å². The van der Waals surface area contributed by atoms with Crippen LogP contribution in [0.3, 0.4) is 0 Å². The normalized spacial score (nSPS) is 16.9. The Morgan fingerprint density at radius 2 is 0.896 bits per heavy atom. The summed E-state index contributed by atoms with van der Waals surface area (Å²) in [5.74, 6) is -6.28. The molecule has 2 saturated carbocycles. The molecule has 0 heterocycles. The molecule has 2 aromatic carbocycles. The van der Waals surface area contributed by atoms with Gasteiger partial charge in [-0.3, -0.25) is 0 Å². The van der Waals surface area contributed by atoms with Crippen molar-refractivity contribution in [1.82, 2.24) is 0 Å². The van der Waals surface area contributed by atoms with E-state index in [4.69, 9.17) is 88.6 Å². The van der Waals surface area contributed by atoms with Crippen molar-refractivity contribution in [3.05, 3.63) is 53.4 Å². The maximum Gasteiger partial charge on any atom is 0.423 e. The lowest BCUT2D eigenvalue weighted by Crippen LogP contribution is -2.31. The van der Waals surface area contributed by atoms with Crippen molar-refractivity contribution in [2.75, 3.05) is 13.2 Å². The van der Waals surface area contributed by atoms with Crippen LogP contribution in [0.4, 0.5) is 0 Å². The van der Waals surface area contributed by atoms with Crippen LogP contribution in [0.15, 0.2) is 12.1 Å². The summed E-state index contributed by atoms with van der Waals surface area (Å²) in [6, 6.07) is 2.29. The molecule has 0 aliphatic heterocycles. The van der Waals surface area contributed by atoms with E-state index in [0.717, 1.165) is 89.2 Å². The molecule has 262 valence electrons. The third kappa shape index (κ3) is 8.85. The summed E-state index contributed by atoms with van der Waals surface area (Å²) in [5.41, 5.74) is -1.28. The number of carbonyl (C=O) groups is 4. The number of halogens is 6. The van der Waals surface area contributed by atoms with Crippen LogP contribution in [0.1, 0.15) is 112 Å². The fourth-order valence-corrected chi connectivity index (χ4v) is 7.81. The first-order valence-corrected chi connectivity index (χ1v) is 18.2. The maximum atomic E-state index is 13.4. The van der Waals surface area contributed by atoms with Crippen LogP contribution in [0.25, 0.3) is 0 Å². The van der Waals surface area contributed by atoms with Crippen molar-refractivity contribution >= 4 is 93.5 Å². The number of rotatable bonds is 10. The highest BCUT2D eigenvalue weighted by Gasteiger charge is 2.36. The number of hydrogen-bond donors (Lipinski definition) is 0. The Morgan fingerprint density at radius 1 is 0.562 bits per heavy atom. The average molecular weight is 785 g/mol. The van der Waals surface area contributed by atoms with E-state index < -0.39 is 46.5 Å². The standard InChI is InChI=1S/C34H36Cl6O8/c1-3-33(11-7-5-8-12-33)17-45-29(41)23-25(39)19(35)15-21(37)27(23)47-31(43)32(44)48-28-22(38)16-20(36)26(40)24(28)30(42)46-18-34(4-2)13-9-6-10-14-34/h15-16H,3-14,17-18H2,1-2H3. The van der Waals surface area contributed by atoms with Crippen LogP contribution >= 0.6 is 69.6 Å². The molecule has 8 nitrogen and oxygen atoms in total. The van der Waals surface area contributed by atoms with Crippen molar-refractivity contribution in [2.24, 2.45) is 10.8 Å². The Labute approximate surface area is 309 Å². The molecule has 0 unspecified atom stereocenters. The van der Waals surface area contributed by atoms with Gasteiger partial charge in [0.25, 0.3) is 0 Å². The lowest BCUT2D eigenvalue weighted by molar-refractivity contribution is -0.156. The topological polar surface area (TPSA) is 105 Å². The first kappa shape index (κ1) is 38.9. The molecular formula is C34H36Cl6O8. The second-order valence-electron chi connectivity index (χ2n) is 12.5. The summed E-state index contributed by atoms with van der Waals surface area (Å²) < 4.78 is 21.8. The molecule has 4 rings (SSSR count). The van der Waals surface area contributed by atoms with Crippen molar-refractivity contribution in [3.8, 4) is 11.5 Å². The van der Waals surface area contributed by atoms with Crippen molar-refractivity contribution in [1.29, 1.82) is 0 Å². The quantitative estimate of drug-likeness (QED) is 0.101. The minimum Gasteiger partial charge on any atom is -0.461 e. The number of ether oxygens (including phenoxy) is 4. The smallest absolute Gasteiger partial charge is 0.423 e. The van der Waals surface area contributed by atoms with Crippen LogP contribution in [-0.4, -0.2) is 37.1 Å². The zero-order chi connectivity index (χ0) is 35.2. The Morgan fingerprint density at radius 3 is 1.21 bits per heavy atom. The second kappa shape index (κ2) is 16.8. The van der Waals surface area contributed by atoms with Gasteiger partial charge in [-0.25, -0.2) is 19.2 Å². The third-order valence-electron chi connectivity index (χ3n) is 9.56. The van der Waals surface area contributed by atoms with Crippen LogP contribution in [0.2, 0.25) is 30.1 Å². The van der Waals surface area contributed by atoms with Crippen molar-refractivity contribution in [2.45, 2.75) is 90.9 Å². The van der Waals surface area contributed by atoms with E-state index in [2.05, 4.69) is 0 Å². The minimum absolute atomic E-state index is 0.103. The van der Waals surface area contributed by atoms with Gasteiger partial charge in [0.2, 0.25) is 0 Å². The third-order valence-corrected chi connectivity index (χ3v) is 11.7. The van der Waals surface area contributed by atoms with E-state index in [0.29, 0.717) is 0 Å². The summed E-state index contributed by atoms with van der Waals surface area (Å²) in [6.45, 7) is 4.27. The Balaban J connectivity index is 1.56. The van der Waals surface area contributed by atoms with Gasteiger partial charge in [0.15, 0.2) is 11.5 Å². The zero-order valence-electron chi connectivity index (χ0n) is 26.6. The van der Waals surface area contributed by atoms with Gasteiger partial charge in [-0.2, -0.15) is 0 Å². The predicted molar refractivity (Wildman–Crippen MR) is 186 cm³/mol. The van der Waals surface area contributed by atoms with Gasteiger partial charge in [-0.1, -0.05) is 122 Å². The summed E-state index contributed by atoms with van der Waals surface area (Å²) in [5, 5.41) is -1.41. The predicted octanol–water partition coefficient (Wildman–Crippen LogP) is 11.2. The lowest BCUT2D eigenvalue weighted by atomic mass is 9.73. The summed E-state index contributed by atoms with van der Waals surface area (Å²) >= 11 is 37.8. The zero-order valence-corrected chi connectivity index (χ0v) is 31.1. The molecule has 0 saturated heterocycles. The molecule has 0 amide bonds. The highest BCUT2D eigenvalue weighted by molar-refractivity contribution is 6.47. The summed E-state index contributed by atoms with van der Waals surface area (Å²) in [4.78, 5) is 52.9. The molecule has 2 aliphatic carbocycles. The van der Waals surface area contributed by atoms with E-state index in [9.17, 15) is 19.2 Å². The highest BCUT2D eigenvalue weighted by atomic mass is 35.5. The fraction of sp³-hybridized carbons (Fsp3) is 0.529. The number of carbonyl (C=O) groups excluding carboxylic acids is 4. The van der Waals surface area contributed by atoms with Gasteiger partial charge in [0.05, 0.1) is 43.3 Å². The van der Waals surface area contributed by atoms with Crippen LogP contribution < -0.4 is 9.47 Å². The van der Waals surface area contributed by atoms with Gasteiger partial charge < -0.3 is 18.9 Å². The maximum absolute atomic E-state index is 13.4. The Kier molecular flexibility index (Phi) is 13.6. The molecule has 0 atom stereocenters. The SMILES string of the molecule is CCC1(COC(=O)c2c(Cl)c(Cl)cc(Cl)c2OC(=O)C(=O)Oc2c(Cl)cc(Cl)c(Cl)c2C(=O)OCC2(CC)CCCCC2)CCCCC1. The monoisotopic (exact) mass is 782 g/mol. The summed E-state index contributed by atoms with van der Waals surface area (Å²) in [6.07, 6.45) is 11.4. The number of benzene rings is 2. The number of hydrogen-bond acceptors (Lipinski definition) is 8. The van der Waals surface area contributed by atoms with Crippen LogP contribution in [0, 0.1) is 10.8 Å². The molecule has 0 N–H and O–H groups in total. The van der Waals surface area contributed by atoms with Crippen LogP contribution in [-0.2, 0) is 19.1 Å². The number of esters is 4. The first-order chi connectivity index (χ1) is 22.8. The van der Waals surface area contributed by atoms with Crippen LogP contribution in [0.5, 0.6) is 11.5 Å². The molecule has 0 radical (unpaired) electrons.